The number of hydrogen-bond acceptors (Lipinski definition) is 0. The lowest BCUT2D eigenvalue weighted by molar-refractivity contribution is 0.496. The highest BCUT2D eigenvalue weighted by atomic mass is 35.5. The molecule has 0 saturated carbocycles. The molecular weight excluding hydrogens is 167 g/mol. The van der Waals surface area contributed by atoms with Gasteiger partial charge >= 0.3 is 0 Å². The van der Waals surface area contributed by atoms with E-state index in [4.69, 9.17) is 23.2 Å². The van der Waals surface area contributed by atoms with Gasteiger partial charge in [0.15, 0.2) is 0 Å². The van der Waals surface area contributed by atoms with Crippen LogP contribution in [0.5, 0.6) is 0 Å². The van der Waals surface area contributed by atoms with Crippen molar-refractivity contribution in [2.24, 2.45) is 0 Å². The van der Waals surface area contributed by atoms with E-state index in [0.717, 1.165) is 0 Å². The van der Waals surface area contributed by atoms with Crippen LogP contribution < -0.4 is 0 Å². The van der Waals surface area contributed by atoms with Gasteiger partial charge in [-0.2, -0.15) is 0 Å². The van der Waals surface area contributed by atoms with Gasteiger partial charge < -0.3 is 0 Å². The lowest BCUT2D eigenvalue weighted by Crippen LogP contribution is -2.52. The van der Waals surface area contributed by atoms with Crippen LogP contribution in [0.3, 0.4) is 0 Å². The summed E-state index contributed by atoms with van der Waals surface area (Å²) in [6.07, 6.45) is 0. The molecule has 0 aromatic rings. The van der Waals surface area contributed by atoms with E-state index < -0.39 is 0 Å². The fraction of sp³-hybridized carbons (Fsp3) is 0.750. The summed E-state index contributed by atoms with van der Waals surface area (Å²) in [5.41, 5.74) is 2.43. The fourth-order valence-corrected chi connectivity index (χ4v) is 1.91. The van der Waals surface area contributed by atoms with Crippen LogP contribution in [0.4, 0.5) is 0 Å². The topological polar surface area (TPSA) is 0 Å². The highest BCUT2D eigenvalue weighted by Crippen LogP contribution is 2.55. The Morgan fingerprint density at radius 1 is 0.900 bits per heavy atom. The van der Waals surface area contributed by atoms with E-state index >= 15 is 0 Å². The minimum absolute atomic E-state index is 0.335. The van der Waals surface area contributed by atoms with Crippen molar-refractivity contribution in [3.05, 3.63) is 11.1 Å². The van der Waals surface area contributed by atoms with Gasteiger partial charge in [-0.1, -0.05) is 0 Å². The zero-order valence-corrected chi connectivity index (χ0v) is 8.27. The molecule has 0 fully saturated rings. The molecule has 10 heavy (non-hydrogen) atoms. The quantitative estimate of drug-likeness (QED) is 0.395. The van der Waals surface area contributed by atoms with E-state index in [-0.39, 0.29) is 9.75 Å². The molecule has 0 spiro atoms. The van der Waals surface area contributed by atoms with E-state index in [2.05, 4.69) is 0 Å². The monoisotopic (exact) mass is 178 g/mol. The van der Waals surface area contributed by atoms with Crippen molar-refractivity contribution in [2.75, 3.05) is 0 Å². The van der Waals surface area contributed by atoms with Crippen LogP contribution in [0.1, 0.15) is 27.7 Å². The molecule has 1 aliphatic rings. The van der Waals surface area contributed by atoms with Crippen molar-refractivity contribution in [3.63, 3.8) is 0 Å². The molecular formula is C8H12Cl2. The van der Waals surface area contributed by atoms with Crippen LogP contribution in [0.15, 0.2) is 11.1 Å². The molecule has 0 amide bonds. The van der Waals surface area contributed by atoms with E-state index in [1.807, 2.05) is 27.7 Å². The minimum Gasteiger partial charge on any atom is -0.112 e. The third-order valence-electron chi connectivity index (χ3n) is 2.85. The van der Waals surface area contributed by atoms with E-state index in [1.165, 1.54) is 11.1 Å². The summed E-state index contributed by atoms with van der Waals surface area (Å²) >= 11 is 12.3. The SMILES string of the molecule is CC1=C(C)[C@@](C)(Cl)[C@@]1(C)Cl. The Morgan fingerprint density at radius 3 is 1.20 bits per heavy atom. The number of rotatable bonds is 0. The maximum absolute atomic E-state index is 6.15. The average molecular weight is 179 g/mol. The van der Waals surface area contributed by atoms with Crippen molar-refractivity contribution >= 4 is 23.2 Å². The second-order valence-corrected chi connectivity index (χ2v) is 4.77. The molecule has 0 aromatic heterocycles. The van der Waals surface area contributed by atoms with Crippen LogP contribution in [-0.4, -0.2) is 9.75 Å². The van der Waals surface area contributed by atoms with Crippen LogP contribution >= 0.6 is 23.2 Å². The predicted octanol–water partition coefficient (Wildman–Crippen LogP) is 3.33. The number of halogens is 2. The minimum atomic E-state index is -0.335. The smallest absolute Gasteiger partial charge is 0.0853 e. The van der Waals surface area contributed by atoms with Gasteiger partial charge in [0.1, 0.15) is 0 Å². The molecule has 1 rings (SSSR count). The summed E-state index contributed by atoms with van der Waals surface area (Å²) in [7, 11) is 0. The van der Waals surface area contributed by atoms with E-state index in [0.29, 0.717) is 0 Å². The third-order valence-corrected chi connectivity index (χ3v) is 4.27. The molecule has 0 N–H and O–H groups in total. The Balaban J connectivity index is 3.10. The predicted molar refractivity (Wildman–Crippen MR) is 46.9 cm³/mol. The van der Waals surface area contributed by atoms with Crippen molar-refractivity contribution in [2.45, 2.75) is 37.4 Å². The molecule has 58 valence electrons. The average Bonchev–Trinajstić information content (AvgIpc) is 1.84. The van der Waals surface area contributed by atoms with Gasteiger partial charge in [0.2, 0.25) is 0 Å². The molecule has 0 heterocycles. The molecule has 0 aliphatic heterocycles. The van der Waals surface area contributed by atoms with Crippen molar-refractivity contribution in [1.29, 1.82) is 0 Å². The first kappa shape index (κ1) is 8.42. The number of hydrogen-bond donors (Lipinski definition) is 0. The van der Waals surface area contributed by atoms with Gasteiger partial charge in [-0.25, -0.2) is 0 Å². The van der Waals surface area contributed by atoms with E-state index in [9.17, 15) is 0 Å². The molecule has 0 unspecified atom stereocenters. The lowest BCUT2D eigenvalue weighted by atomic mass is 9.69. The van der Waals surface area contributed by atoms with Crippen LogP contribution in [0.25, 0.3) is 0 Å². The Morgan fingerprint density at radius 2 is 1.10 bits per heavy atom. The zero-order valence-electron chi connectivity index (χ0n) is 6.76. The summed E-state index contributed by atoms with van der Waals surface area (Å²) in [6.45, 7) is 7.99. The summed E-state index contributed by atoms with van der Waals surface area (Å²) in [5.74, 6) is 0. The molecule has 0 bridgehead atoms. The molecule has 0 aromatic carbocycles. The highest BCUT2D eigenvalue weighted by Gasteiger charge is 2.53. The van der Waals surface area contributed by atoms with Crippen LogP contribution in [0, 0.1) is 0 Å². The third kappa shape index (κ3) is 0.695. The lowest BCUT2D eigenvalue weighted by Gasteiger charge is -2.49. The van der Waals surface area contributed by atoms with Crippen molar-refractivity contribution in [3.8, 4) is 0 Å². The fourth-order valence-electron chi connectivity index (χ4n) is 1.35. The van der Waals surface area contributed by atoms with Gasteiger partial charge in [0.05, 0.1) is 9.75 Å². The summed E-state index contributed by atoms with van der Waals surface area (Å²) in [6, 6.07) is 0. The maximum atomic E-state index is 6.15. The molecule has 2 atom stereocenters. The Labute approximate surface area is 72.2 Å². The zero-order chi connectivity index (χ0) is 8.15. The first-order valence-corrected chi connectivity index (χ1v) is 4.13. The van der Waals surface area contributed by atoms with Crippen molar-refractivity contribution < 1.29 is 0 Å². The highest BCUT2D eigenvalue weighted by molar-refractivity contribution is 6.39. The molecule has 0 radical (unpaired) electrons. The normalized spacial score (nSPS) is 47.4. The molecule has 2 heteroatoms. The number of alkyl halides is 2. The van der Waals surface area contributed by atoms with Gasteiger partial charge in [0, 0.05) is 0 Å². The molecule has 1 aliphatic carbocycles. The van der Waals surface area contributed by atoms with Crippen LogP contribution in [-0.2, 0) is 0 Å². The van der Waals surface area contributed by atoms with E-state index in [1.54, 1.807) is 0 Å². The molecule has 0 nitrogen and oxygen atoms in total. The number of allylic oxidation sites excluding steroid dienone is 2. The van der Waals surface area contributed by atoms with Gasteiger partial charge in [0.25, 0.3) is 0 Å². The second kappa shape index (κ2) is 1.92. The molecule has 0 saturated heterocycles. The summed E-state index contributed by atoms with van der Waals surface area (Å²) in [5, 5.41) is 0. The van der Waals surface area contributed by atoms with Gasteiger partial charge in [-0.3, -0.25) is 0 Å². The second-order valence-electron chi connectivity index (χ2n) is 3.26. The Hall–Kier alpha value is 0.320. The summed E-state index contributed by atoms with van der Waals surface area (Å²) in [4.78, 5) is -0.669. The van der Waals surface area contributed by atoms with Crippen LogP contribution in [0.2, 0.25) is 0 Å². The first-order valence-electron chi connectivity index (χ1n) is 3.38. The maximum Gasteiger partial charge on any atom is 0.0853 e. The largest absolute Gasteiger partial charge is 0.112 e. The van der Waals surface area contributed by atoms with Crippen molar-refractivity contribution in [1.82, 2.24) is 0 Å². The standard InChI is InChI=1S/C8H12Cl2/c1-5-6(2)8(4,10)7(5,3)9/h1-4H3/t7-,8+. The Bertz CT molecular complexity index is 177. The summed E-state index contributed by atoms with van der Waals surface area (Å²) < 4.78 is 0. The van der Waals surface area contributed by atoms with Gasteiger partial charge in [-0.15, -0.1) is 23.2 Å². The first-order chi connectivity index (χ1) is 4.32. The van der Waals surface area contributed by atoms with Gasteiger partial charge in [-0.05, 0) is 38.8 Å². The Kier molecular flexibility index (Phi) is 1.62.